The molecule has 1 atom stereocenters. The molecule has 0 aromatic carbocycles. The van der Waals surface area contributed by atoms with Crippen LogP contribution in [0, 0.1) is 6.92 Å². The first kappa shape index (κ1) is 13.3. The van der Waals surface area contributed by atoms with E-state index >= 15 is 0 Å². The van der Waals surface area contributed by atoms with Gasteiger partial charge < -0.3 is 10.2 Å². The molecule has 0 saturated carbocycles. The van der Waals surface area contributed by atoms with Gasteiger partial charge in [0.1, 0.15) is 24.0 Å². The van der Waals surface area contributed by atoms with Gasteiger partial charge in [0, 0.05) is 12.1 Å². The number of rotatable bonds is 3. The zero-order chi connectivity index (χ0) is 14.0. The summed E-state index contributed by atoms with van der Waals surface area (Å²) in [5.41, 5.74) is 0.832. The molecule has 1 aromatic rings. The predicted molar refractivity (Wildman–Crippen MR) is 70.9 cm³/mol. The van der Waals surface area contributed by atoms with Crippen LogP contribution in [-0.4, -0.2) is 40.9 Å². The Bertz CT molecular complexity index is 517. The van der Waals surface area contributed by atoms with Crippen molar-refractivity contribution in [3.05, 3.63) is 11.9 Å². The van der Waals surface area contributed by atoms with Crippen LogP contribution in [0.4, 0.5) is 11.6 Å². The Hall–Kier alpha value is -2.18. The van der Waals surface area contributed by atoms with E-state index in [2.05, 4.69) is 20.6 Å². The molecule has 7 heteroatoms. The van der Waals surface area contributed by atoms with Gasteiger partial charge in [-0.15, -0.1) is 0 Å². The van der Waals surface area contributed by atoms with E-state index in [0.29, 0.717) is 5.82 Å². The Morgan fingerprint density at radius 2 is 2.21 bits per heavy atom. The molecular formula is C12H17N5O2. The normalized spacial score (nSPS) is 19.3. The summed E-state index contributed by atoms with van der Waals surface area (Å²) in [5.74, 6) is 0.713. The van der Waals surface area contributed by atoms with Gasteiger partial charge in [-0.2, -0.15) is 0 Å². The third-order valence-electron chi connectivity index (χ3n) is 3.10. The van der Waals surface area contributed by atoms with Crippen molar-refractivity contribution in [2.75, 3.05) is 23.3 Å². The summed E-state index contributed by atoms with van der Waals surface area (Å²) in [5, 5.41) is 5.44. The first-order valence-corrected chi connectivity index (χ1v) is 6.20. The van der Waals surface area contributed by atoms with Crippen LogP contribution in [0.5, 0.6) is 0 Å². The molecule has 2 N–H and O–H groups in total. The first-order chi connectivity index (χ1) is 9.04. The summed E-state index contributed by atoms with van der Waals surface area (Å²) >= 11 is 0. The lowest BCUT2D eigenvalue weighted by molar-refractivity contribution is -0.132. The molecular weight excluding hydrogens is 246 g/mol. The van der Waals surface area contributed by atoms with E-state index in [-0.39, 0.29) is 18.4 Å². The molecule has 1 aliphatic rings. The highest BCUT2D eigenvalue weighted by atomic mass is 16.2. The number of anilines is 2. The van der Waals surface area contributed by atoms with E-state index in [9.17, 15) is 9.59 Å². The molecule has 1 fully saturated rings. The lowest BCUT2D eigenvalue weighted by atomic mass is 10.1. The van der Waals surface area contributed by atoms with Crippen LogP contribution < -0.4 is 15.5 Å². The fraction of sp³-hybridized carbons (Fsp3) is 0.500. The SMILES string of the molecule is CCNc1ncnc(N2CC(=O)NC(=O)C2C)c1C. The van der Waals surface area contributed by atoms with Gasteiger partial charge in [0.15, 0.2) is 0 Å². The molecule has 2 heterocycles. The van der Waals surface area contributed by atoms with Gasteiger partial charge >= 0.3 is 0 Å². The van der Waals surface area contributed by atoms with E-state index in [1.165, 1.54) is 6.33 Å². The summed E-state index contributed by atoms with van der Waals surface area (Å²) < 4.78 is 0. The molecule has 7 nitrogen and oxygen atoms in total. The fourth-order valence-corrected chi connectivity index (χ4v) is 2.05. The fourth-order valence-electron chi connectivity index (χ4n) is 2.05. The van der Waals surface area contributed by atoms with Gasteiger partial charge in [-0.1, -0.05) is 0 Å². The zero-order valence-electron chi connectivity index (χ0n) is 11.2. The molecule has 0 aliphatic carbocycles. The van der Waals surface area contributed by atoms with Crippen LogP contribution >= 0.6 is 0 Å². The van der Waals surface area contributed by atoms with Crippen LogP contribution in [0.1, 0.15) is 19.4 Å². The van der Waals surface area contributed by atoms with Crippen LogP contribution in [0.2, 0.25) is 0 Å². The van der Waals surface area contributed by atoms with E-state index in [4.69, 9.17) is 0 Å². The topological polar surface area (TPSA) is 87.2 Å². The van der Waals surface area contributed by atoms with E-state index in [1.54, 1.807) is 11.8 Å². The summed E-state index contributed by atoms with van der Waals surface area (Å²) in [7, 11) is 0. The summed E-state index contributed by atoms with van der Waals surface area (Å²) in [6.07, 6.45) is 1.43. The Kier molecular flexibility index (Phi) is 3.64. The first-order valence-electron chi connectivity index (χ1n) is 6.20. The minimum Gasteiger partial charge on any atom is -0.370 e. The highest BCUT2D eigenvalue weighted by molar-refractivity contribution is 6.04. The standard InChI is InChI=1S/C12H17N5O2/c1-4-13-10-7(2)11(15-6-14-10)17-5-9(18)16-12(19)8(17)3/h6,8H,4-5H2,1-3H3,(H,13,14,15)(H,16,18,19). The van der Waals surface area contributed by atoms with Crippen LogP contribution in [0.3, 0.4) is 0 Å². The Balaban J connectivity index is 2.37. The maximum atomic E-state index is 11.7. The van der Waals surface area contributed by atoms with Crippen molar-refractivity contribution < 1.29 is 9.59 Å². The average Bonchev–Trinajstić information content (AvgIpc) is 2.37. The second-order valence-electron chi connectivity index (χ2n) is 4.42. The molecule has 2 amide bonds. The van der Waals surface area contributed by atoms with Crippen molar-refractivity contribution >= 4 is 23.5 Å². The number of nitrogens with one attached hydrogen (secondary N) is 2. The largest absolute Gasteiger partial charge is 0.370 e. The molecule has 2 rings (SSSR count). The zero-order valence-corrected chi connectivity index (χ0v) is 11.2. The number of hydrogen-bond acceptors (Lipinski definition) is 6. The Labute approximate surface area is 111 Å². The second kappa shape index (κ2) is 5.21. The van der Waals surface area contributed by atoms with Crippen molar-refractivity contribution in [2.45, 2.75) is 26.8 Å². The highest BCUT2D eigenvalue weighted by Gasteiger charge is 2.32. The third kappa shape index (κ3) is 2.49. The third-order valence-corrected chi connectivity index (χ3v) is 3.10. The maximum absolute atomic E-state index is 11.7. The van der Waals surface area contributed by atoms with Crippen molar-refractivity contribution in [3.63, 3.8) is 0 Å². The lowest BCUT2D eigenvalue weighted by Crippen LogP contribution is -2.57. The smallest absolute Gasteiger partial charge is 0.249 e. The van der Waals surface area contributed by atoms with Crippen LogP contribution in [0.15, 0.2) is 6.33 Å². The van der Waals surface area contributed by atoms with E-state index in [0.717, 1.165) is 17.9 Å². The van der Waals surface area contributed by atoms with Gasteiger partial charge in [-0.05, 0) is 20.8 Å². The molecule has 1 saturated heterocycles. The number of carbonyl (C=O) groups excluding carboxylic acids is 2. The van der Waals surface area contributed by atoms with Crippen molar-refractivity contribution in [2.24, 2.45) is 0 Å². The predicted octanol–water partition coefficient (Wildman–Crippen LogP) is 0.0681. The van der Waals surface area contributed by atoms with Crippen molar-refractivity contribution in [1.82, 2.24) is 15.3 Å². The number of piperazine rings is 1. The van der Waals surface area contributed by atoms with Gasteiger partial charge in [-0.25, -0.2) is 9.97 Å². The summed E-state index contributed by atoms with van der Waals surface area (Å²) in [6.45, 7) is 6.46. The molecule has 1 unspecified atom stereocenters. The number of hydrogen-bond donors (Lipinski definition) is 2. The minimum atomic E-state index is -0.430. The molecule has 1 aromatic heterocycles. The maximum Gasteiger partial charge on any atom is 0.249 e. The molecule has 0 spiro atoms. The van der Waals surface area contributed by atoms with E-state index < -0.39 is 6.04 Å². The highest BCUT2D eigenvalue weighted by Crippen LogP contribution is 2.24. The number of aromatic nitrogens is 2. The number of carbonyl (C=O) groups is 2. The molecule has 19 heavy (non-hydrogen) atoms. The van der Waals surface area contributed by atoms with Gasteiger partial charge in [-0.3, -0.25) is 14.9 Å². The number of nitrogens with zero attached hydrogens (tertiary/aromatic N) is 3. The molecule has 0 radical (unpaired) electrons. The van der Waals surface area contributed by atoms with E-state index in [1.807, 2.05) is 13.8 Å². The van der Waals surface area contributed by atoms with Gasteiger partial charge in [0.25, 0.3) is 0 Å². The van der Waals surface area contributed by atoms with Gasteiger partial charge in [0.05, 0.1) is 6.54 Å². The monoisotopic (exact) mass is 263 g/mol. The summed E-state index contributed by atoms with van der Waals surface area (Å²) in [6, 6.07) is -0.430. The van der Waals surface area contributed by atoms with Crippen LogP contribution in [0.25, 0.3) is 0 Å². The summed E-state index contributed by atoms with van der Waals surface area (Å²) in [4.78, 5) is 33.2. The average molecular weight is 263 g/mol. The lowest BCUT2D eigenvalue weighted by Gasteiger charge is -2.33. The molecule has 1 aliphatic heterocycles. The Morgan fingerprint density at radius 3 is 2.89 bits per heavy atom. The van der Waals surface area contributed by atoms with Crippen LogP contribution in [-0.2, 0) is 9.59 Å². The molecule has 0 bridgehead atoms. The Morgan fingerprint density at radius 1 is 1.47 bits per heavy atom. The number of amides is 2. The number of imide groups is 1. The minimum absolute atomic E-state index is 0.121. The van der Waals surface area contributed by atoms with Crippen molar-refractivity contribution in [3.8, 4) is 0 Å². The van der Waals surface area contributed by atoms with Gasteiger partial charge in [0.2, 0.25) is 11.8 Å². The quantitative estimate of drug-likeness (QED) is 0.750. The second-order valence-corrected chi connectivity index (χ2v) is 4.42. The molecule has 102 valence electrons. The van der Waals surface area contributed by atoms with Crippen molar-refractivity contribution in [1.29, 1.82) is 0 Å².